The molecule has 0 unspecified atom stereocenters. The fourth-order valence-corrected chi connectivity index (χ4v) is 2.87. The fourth-order valence-electron chi connectivity index (χ4n) is 1.85. The van der Waals surface area contributed by atoms with E-state index in [-0.39, 0.29) is 16.3 Å². The highest BCUT2D eigenvalue weighted by atomic mass is 32.2. The van der Waals surface area contributed by atoms with Crippen LogP contribution in [-0.4, -0.2) is 24.8 Å². The summed E-state index contributed by atoms with van der Waals surface area (Å²) < 4.78 is 32.6. The van der Waals surface area contributed by atoms with Gasteiger partial charge in [0, 0.05) is 19.7 Å². The minimum absolute atomic E-state index is 0.0130. The average Bonchev–Trinajstić information content (AvgIpc) is 3.04. The first kappa shape index (κ1) is 15.8. The van der Waals surface area contributed by atoms with Crippen LogP contribution in [0.2, 0.25) is 0 Å². The number of nitrogens with one attached hydrogen (secondary N) is 1. The molecule has 0 aliphatic heterocycles. The second kappa shape index (κ2) is 5.68. The lowest BCUT2D eigenvalue weighted by Crippen LogP contribution is -2.30. The van der Waals surface area contributed by atoms with Crippen molar-refractivity contribution in [2.24, 2.45) is 12.8 Å². The molecule has 2 amide bonds. The van der Waals surface area contributed by atoms with E-state index >= 15 is 0 Å². The number of hydrogen-bond donors (Lipinski definition) is 2. The molecular formula is C13H15N3O5S. The van der Waals surface area contributed by atoms with Crippen LogP contribution >= 0.6 is 0 Å². The predicted molar refractivity (Wildman–Crippen MR) is 76.7 cm³/mol. The van der Waals surface area contributed by atoms with Crippen molar-refractivity contribution in [2.45, 2.75) is 18.2 Å². The van der Waals surface area contributed by atoms with Crippen LogP contribution in [-0.2, 0) is 23.5 Å². The number of carbonyl (C=O) groups is 2. The highest BCUT2D eigenvalue weighted by Crippen LogP contribution is 2.14. The summed E-state index contributed by atoms with van der Waals surface area (Å²) in [5.41, 5.74) is 5.14. The van der Waals surface area contributed by atoms with Crippen LogP contribution in [0.25, 0.3) is 0 Å². The second-order valence-electron chi connectivity index (χ2n) is 4.59. The SMILES string of the molecule is CCc1ccc(C(=O)NS(=O)(=O)c2cc(C(N)=O)n(C)c2)o1. The van der Waals surface area contributed by atoms with E-state index in [0.29, 0.717) is 12.2 Å². The van der Waals surface area contributed by atoms with Crippen LogP contribution in [0.15, 0.2) is 33.7 Å². The summed E-state index contributed by atoms with van der Waals surface area (Å²) in [6.07, 6.45) is 1.77. The van der Waals surface area contributed by atoms with Crippen LogP contribution in [0, 0.1) is 0 Å². The lowest BCUT2D eigenvalue weighted by molar-refractivity contribution is 0.0951. The molecule has 3 N–H and O–H groups in total. The average molecular weight is 325 g/mol. The minimum atomic E-state index is -4.13. The molecule has 0 aromatic carbocycles. The van der Waals surface area contributed by atoms with Crippen LogP contribution < -0.4 is 10.5 Å². The molecule has 0 spiro atoms. The van der Waals surface area contributed by atoms with E-state index in [9.17, 15) is 18.0 Å². The Balaban J connectivity index is 2.25. The molecule has 22 heavy (non-hydrogen) atoms. The molecule has 0 saturated heterocycles. The van der Waals surface area contributed by atoms with Gasteiger partial charge in [-0.05, 0) is 18.2 Å². The largest absolute Gasteiger partial charge is 0.456 e. The Morgan fingerprint density at radius 3 is 2.55 bits per heavy atom. The van der Waals surface area contributed by atoms with Crippen LogP contribution in [0.5, 0.6) is 0 Å². The van der Waals surface area contributed by atoms with E-state index in [0.717, 1.165) is 6.07 Å². The summed E-state index contributed by atoms with van der Waals surface area (Å²) in [6, 6.07) is 4.08. The van der Waals surface area contributed by atoms with Crippen molar-refractivity contribution in [2.75, 3.05) is 0 Å². The molecule has 2 rings (SSSR count). The van der Waals surface area contributed by atoms with E-state index < -0.39 is 21.8 Å². The summed E-state index contributed by atoms with van der Waals surface area (Å²) >= 11 is 0. The summed E-state index contributed by atoms with van der Waals surface area (Å²) in [5.74, 6) is -1.19. The number of sulfonamides is 1. The topological polar surface area (TPSA) is 124 Å². The van der Waals surface area contributed by atoms with Gasteiger partial charge in [0.25, 0.3) is 15.9 Å². The Kier molecular flexibility index (Phi) is 4.09. The van der Waals surface area contributed by atoms with Gasteiger partial charge in [0.05, 0.1) is 0 Å². The minimum Gasteiger partial charge on any atom is -0.456 e. The van der Waals surface area contributed by atoms with Gasteiger partial charge in [-0.1, -0.05) is 6.92 Å². The standard InChI is InChI=1S/C13H15N3O5S/c1-3-8-4-5-11(21-8)13(18)15-22(19,20)9-6-10(12(14)17)16(2)7-9/h4-7H,3H2,1-2H3,(H2,14,17)(H,15,18). The van der Waals surface area contributed by atoms with Crippen molar-refractivity contribution in [3.63, 3.8) is 0 Å². The lowest BCUT2D eigenvalue weighted by Gasteiger charge is -2.02. The Labute approximate surface area is 127 Å². The molecule has 2 heterocycles. The van der Waals surface area contributed by atoms with Crippen molar-refractivity contribution in [1.29, 1.82) is 0 Å². The molecule has 2 aromatic heterocycles. The van der Waals surface area contributed by atoms with Gasteiger partial charge in [0.1, 0.15) is 16.3 Å². The number of primary amides is 1. The molecule has 2 aromatic rings. The van der Waals surface area contributed by atoms with Crippen molar-refractivity contribution < 1.29 is 22.4 Å². The second-order valence-corrected chi connectivity index (χ2v) is 6.27. The van der Waals surface area contributed by atoms with Gasteiger partial charge in [-0.3, -0.25) is 9.59 Å². The van der Waals surface area contributed by atoms with Crippen molar-refractivity contribution in [3.05, 3.63) is 41.6 Å². The van der Waals surface area contributed by atoms with Gasteiger partial charge in [0.15, 0.2) is 5.76 Å². The molecule has 0 radical (unpaired) electrons. The van der Waals surface area contributed by atoms with E-state index in [2.05, 4.69) is 0 Å². The van der Waals surface area contributed by atoms with Crippen LogP contribution in [0.4, 0.5) is 0 Å². The zero-order valence-corrected chi connectivity index (χ0v) is 12.8. The van der Waals surface area contributed by atoms with E-state index in [4.69, 9.17) is 10.2 Å². The van der Waals surface area contributed by atoms with Gasteiger partial charge in [0.2, 0.25) is 0 Å². The van der Waals surface area contributed by atoms with Crippen molar-refractivity contribution >= 4 is 21.8 Å². The highest BCUT2D eigenvalue weighted by molar-refractivity contribution is 7.90. The number of amides is 2. The van der Waals surface area contributed by atoms with E-state index in [1.165, 1.54) is 23.9 Å². The third-order valence-electron chi connectivity index (χ3n) is 3.00. The maximum atomic E-state index is 12.1. The van der Waals surface area contributed by atoms with Gasteiger partial charge >= 0.3 is 5.91 Å². The summed E-state index contributed by atoms with van der Waals surface area (Å²) in [5, 5.41) is 0. The Hall–Kier alpha value is -2.55. The molecule has 0 aliphatic rings. The van der Waals surface area contributed by atoms with Crippen molar-refractivity contribution in [3.8, 4) is 0 Å². The van der Waals surface area contributed by atoms with Crippen molar-refractivity contribution in [1.82, 2.24) is 9.29 Å². The number of rotatable bonds is 5. The maximum absolute atomic E-state index is 12.1. The van der Waals surface area contributed by atoms with Crippen LogP contribution in [0.1, 0.15) is 33.7 Å². The lowest BCUT2D eigenvalue weighted by atomic mass is 10.3. The Morgan fingerprint density at radius 1 is 1.36 bits per heavy atom. The van der Waals surface area contributed by atoms with Crippen LogP contribution in [0.3, 0.4) is 0 Å². The van der Waals surface area contributed by atoms with E-state index in [1.807, 2.05) is 11.6 Å². The molecule has 118 valence electrons. The fraction of sp³-hybridized carbons (Fsp3) is 0.231. The zero-order valence-electron chi connectivity index (χ0n) is 12.0. The first-order valence-corrected chi connectivity index (χ1v) is 7.85. The number of furan rings is 1. The normalized spacial score (nSPS) is 11.4. The monoisotopic (exact) mass is 325 g/mol. The molecule has 0 bridgehead atoms. The third-order valence-corrected chi connectivity index (χ3v) is 4.30. The predicted octanol–water partition coefficient (Wildman–Crippen LogP) is 0.398. The van der Waals surface area contributed by atoms with E-state index in [1.54, 1.807) is 6.07 Å². The highest BCUT2D eigenvalue weighted by Gasteiger charge is 2.23. The number of nitrogens with two attached hydrogens (primary N) is 1. The number of nitrogens with zero attached hydrogens (tertiary/aromatic N) is 1. The quantitative estimate of drug-likeness (QED) is 0.823. The summed E-state index contributed by atoms with van der Waals surface area (Å²) in [4.78, 5) is 22.8. The molecule has 9 heteroatoms. The molecular weight excluding hydrogens is 310 g/mol. The van der Waals surface area contributed by atoms with Gasteiger partial charge < -0.3 is 14.7 Å². The molecule has 0 aliphatic carbocycles. The number of aryl methyl sites for hydroxylation is 2. The first-order chi connectivity index (χ1) is 10.2. The molecule has 8 nitrogen and oxygen atoms in total. The Morgan fingerprint density at radius 2 is 2.05 bits per heavy atom. The Bertz CT molecular complexity index is 832. The van der Waals surface area contributed by atoms with Gasteiger partial charge in [-0.25, -0.2) is 13.1 Å². The smallest absolute Gasteiger partial charge is 0.300 e. The molecule has 0 saturated carbocycles. The first-order valence-electron chi connectivity index (χ1n) is 6.36. The summed E-state index contributed by atoms with van der Waals surface area (Å²) in [7, 11) is -2.66. The molecule has 0 atom stereocenters. The third kappa shape index (κ3) is 3.03. The van der Waals surface area contributed by atoms with Gasteiger partial charge in [-0.15, -0.1) is 0 Å². The summed E-state index contributed by atoms with van der Waals surface area (Å²) in [6.45, 7) is 1.84. The molecule has 0 fully saturated rings. The number of aromatic nitrogens is 1. The maximum Gasteiger partial charge on any atom is 0.300 e. The number of carbonyl (C=O) groups excluding carboxylic acids is 2. The van der Waals surface area contributed by atoms with Gasteiger partial charge in [-0.2, -0.15) is 0 Å². The number of hydrogen-bond acceptors (Lipinski definition) is 5. The zero-order chi connectivity index (χ0) is 16.5.